The van der Waals surface area contributed by atoms with Crippen LogP contribution < -0.4 is 10.1 Å². The number of benzene rings is 3. The van der Waals surface area contributed by atoms with Crippen LogP contribution in [-0.2, 0) is 11.3 Å². The number of esters is 1. The summed E-state index contributed by atoms with van der Waals surface area (Å²) < 4.78 is 12.7. The monoisotopic (exact) mass is 481 g/mol. The molecule has 3 aromatic carbocycles. The van der Waals surface area contributed by atoms with Gasteiger partial charge < -0.3 is 24.3 Å². The number of para-hydroxylation sites is 2. The molecule has 1 atom stereocenters. The van der Waals surface area contributed by atoms with E-state index in [2.05, 4.69) is 16.0 Å². The Morgan fingerprint density at radius 2 is 1.69 bits per heavy atom. The summed E-state index contributed by atoms with van der Waals surface area (Å²) in [5.41, 5.74) is 4.64. The Morgan fingerprint density at radius 1 is 0.944 bits per heavy atom. The van der Waals surface area contributed by atoms with E-state index in [1.165, 1.54) is 7.11 Å². The number of carbonyl (C=O) groups excluding carboxylic acids is 2. The zero-order valence-electron chi connectivity index (χ0n) is 20.2. The van der Waals surface area contributed by atoms with Crippen molar-refractivity contribution in [2.75, 3.05) is 19.0 Å². The molecular formula is C29H27N3O4. The van der Waals surface area contributed by atoms with E-state index in [1.807, 2.05) is 67.7 Å². The zero-order valence-corrected chi connectivity index (χ0v) is 20.2. The van der Waals surface area contributed by atoms with Gasteiger partial charge >= 0.3 is 12.0 Å². The van der Waals surface area contributed by atoms with Crippen LogP contribution in [0.4, 0.5) is 10.5 Å². The van der Waals surface area contributed by atoms with Crippen LogP contribution in [0.3, 0.4) is 0 Å². The number of aromatic nitrogens is 1. The van der Waals surface area contributed by atoms with Gasteiger partial charge in [0.2, 0.25) is 0 Å². The van der Waals surface area contributed by atoms with Crippen molar-refractivity contribution in [1.29, 1.82) is 0 Å². The van der Waals surface area contributed by atoms with Crippen molar-refractivity contribution in [3.63, 3.8) is 0 Å². The topological polar surface area (TPSA) is 72.8 Å². The highest BCUT2D eigenvalue weighted by Gasteiger charge is 2.33. The van der Waals surface area contributed by atoms with E-state index in [1.54, 1.807) is 29.2 Å². The lowest BCUT2D eigenvalue weighted by Crippen LogP contribution is -2.38. The summed E-state index contributed by atoms with van der Waals surface area (Å²) in [5, 5.41) is 2.96. The number of ether oxygens (including phenoxy) is 2. The van der Waals surface area contributed by atoms with Gasteiger partial charge in [0.15, 0.2) is 0 Å². The molecule has 182 valence electrons. The molecule has 36 heavy (non-hydrogen) atoms. The van der Waals surface area contributed by atoms with Gasteiger partial charge in [0.05, 0.1) is 43.2 Å². The number of amides is 2. The lowest BCUT2D eigenvalue weighted by molar-refractivity contribution is 0.0602. The van der Waals surface area contributed by atoms with Crippen LogP contribution >= 0.6 is 0 Å². The first-order chi connectivity index (χ1) is 17.6. The fourth-order valence-electron chi connectivity index (χ4n) is 4.67. The predicted molar refractivity (Wildman–Crippen MR) is 138 cm³/mol. The first-order valence-electron chi connectivity index (χ1n) is 11.8. The van der Waals surface area contributed by atoms with Crippen LogP contribution in [0.25, 0.3) is 5.69 Å². The second kappa shape index (κ2) is 10.00. The van der Waals surface area contributed by atoms with Gasteiger partial charge in [-0.05, 0) is 60.5 Å². The van der Waals surface area contributed by atoms with E-state index in [-0.39, 0.29) is 12.1 Å². The van der Waals surface area contributed by atoms with Crippen molar-refractivity contribution in [1.82, 2.24) is 9.47 Å². The number of methoxy groups -OCH3 is 1. The second-order valence-corrected chi connectivity index (χ2v) is 8.43. The molecule has 2 amide bonds. The van der Waals surface area contributed by atoms with E-state index in [0.29, 0.717) is 24.4 Å². The molecule has 0 aliphatic carbocycles. The van der Waals surface area contributed by atoms with Crippen molar-refractivity contribution in [3.8, 4) is 11.4 Å². The minimum Gasteiger partial charge on any atom is -0.494 e. The van der Waals surface area contributed by atoms with Crippen molar-refractivity contribution in [2.45, 2.75) is 19.5 Å². The van der Waals surface area contributed by atoms with Gasteiger partial charge in [-0.25, -0.2) is 9.59 Å². The minimum absolute atomic E-state index is 0.296. The molecule has 0 radical (unpaired) electrons. The average Bonchev–Trinajstić information content (AvgIpc) is 3.33. The number of hydrogen-bond donors (Lipinski definition) is 1. The minimum atomic E-state index is -0.510. The molecule has 0 saturated carbocycles. The molecule has 7 nitrogen and oxygen atoms in total. The molecule has 7 heteroatoms. The largest absolute Gasteiger partial charge is 0.494 e. The first-order valence-corrected chi connectivity index (χ1v) is 11.8. The molecule has 1 aliphatic heterocycles. The summed E-state index contributed by atoms with van der Waals surface area (Å²) in [6, 6.07) is 26.0. The van der Waals surface area contributed by atoms with Crippen molar-refractivity contribution >= 4 is 17.7 Å². The van der Waals surface area contributed by atoms with E-state index in [0.717, 1.165) is 28.3 Å². The fraction of sp³-hybridized carbons (Fsp3) is 0.172. The van der Waals surface area contributed by atoms with Crippen LogP contribution in [0.1, 0.15) is 40.1 Å². The van der Waals surface area contributed by atoms with Crippen LogP contribution in [0.5, 0.6) is 5.75 Å². The van der Waals surface area contributed by atoms with E-state index >= 15 is 0 Å². The molecule has 0 bridgehead atoms. The Kier molecular flexibility index (Phi) is 6.45. The highest BCUT2D eigenvalue weighted by atomic mass is 16.5. The van der Waals surface area contributed by atoms with Gasteiger partial charge in [-0.15, -0.1) is 0 Å². The molecule has 4 aromatic rings. The molecule has 0 unspecified atom stereocenters. The van der Waals surface area contributed by atoms with Gasteiger partial charge in [0, 0.05) is 11.9 Å². The van der Waals surface area contributed by atoms with Crippen LogP contribution in [0, 0.1) is 0 Å². The number of hydrogen-bond acceptors (Lipinski definition) is 4. The first kappa shape index (κ1) is 23.2. The van der Waals surface area contributed by atoms with Gasteiger partial charge in [-0.1, -0.05) is 42.5 Å². The number of rotatable bonds is 5. The zero-order chi connectivity index (χ0) is 25.1. The summed E-state index contributed by atoms with van der Waals surface area (Å²) in [6.07, 6.45) is 2.02. The maximum Gasteiger partial charge on any atom is 0.339 e. The Morgan fingerprint density at radius 3 is 2.47 bits per heavy atom. The smallest absolute Gasteiger partial charge is 0.339 e. The molecule has 1 N–H and O–H groups in total. The van der Waals surface area contributed by atoms with E-state index in [4.69, 9.17) is 9.47 Å². The van der Waals surface area contributed by atoms with Crippen LogP contribution in [-0.4, -0.2) is 35.2 Å². The number of nitrogens with one attached hydrogen (secondary N) is 1. The van der Waals surface area contributed by atoms with Gasteiger partial charge in [-0.2, -0.15) is 0 Å². The summed E-state index contributed by atoms with van der Waals surface area (Å²) in [7, 11) is 1.32. The second-order valence-electron chi connectivity index (χ2n) is 8.43. The number of anilines is 1. The van der Waals surface area contributed by atoms with Gasteiger partial charge in [-0.3, -0.25) is 0 Å². The quantitative estimate of drug-likeness (QED) is 0.366. The molecule has 1 aromatic heterocycles. The summed E-state index contributed by atoms with van der Waals surface area (Å²) in [5.74, 6) is 0.264. The van der Waals surface area contributed by atoms with E-state index < -0.39 is 5.97 Å². The molecular weight excluding hydrogens is 454 g/mol. The Bertz CT molecular complexity index is 1390. The van der Waals surface area contributed by atoms with Crippen LogP contribution in [0.15, 0.2) is 91.1 Å². The molecule has 1 aliphatic rings. The van der Waals surface area contributed by atoms with Crippen molar-refractivity contribution in [2.24, 2.45) is 0 Å². The number of carbonyl (C=O) groups is 2. The number of fused-ring (bicyclic) bond motifs is 3. The fourth-order valence-corrected chi connectivity index (χ4v) is 4.67. The van der Waals surface area contributed by atoms with E-state index in [9.17, 15) is 9.59 Å². The maximum absolute atomic E-state index is 13.9. The lowest BCUT2D eigenvalue weighted by atomic mass is 10.0. The molecule has 2 heterocycles. The molecule has 0 fully saturated rings. The van der Waals surface area contributed by atoms with Crippen molar-refractivity contribution in [3.05, 3.63) is 114 Å². The summed E-state index contributed by atoms with van der Waals surface area (Å²) in [4.78, 5) is 28.0. The molecule has 5 rings (SSSR count). The highest BCUT2D eigenvalue weighted by Crippen LogP contribution is 2.37. The Labute approximate surface area is 209 Å². The Hall–Kier alpha value is -4.52. The van der Waals surface area contributed by atoms with Gasteiger partial charge in [0.25, 0.3) is 0 Å². The molecule has 0 spiro atoms. The average molecular weight is 482 g/mol. The standard InChI is InChI=1S/C29H27N3O4/c1-3-36-22-16-14-20(15-17-22)27-26-13-8-18-31(26)25-12-7-4-9-21(25)19-32(27)29(34)30-24-11-6-5-10-23(24)28(33)35-2/h4-18,27H,3,19H2,1-2H3,(H,30,34)/t27-/m0/s1. The number of urea groups is 1. The Balaban J connectivity index is 1.60. The highest BCUT2D eigenvalue weighted by molar-refractivity contribution is 6.01. The normalized spacial score (nSPS) is 14.3. The maximum atomic E-state index is 13.9. The van der Waals surface area contributed by atoms with Crippen LogP contribution in [0.2, 0.25) is 0 Å². The van der Waals surface area contributed by atoms with Gasteiger partial charge in [0.1, 0.15) is 5.75 Å². The molecule has 0 saturated heterocycles. The lowest BCUT2D eigenvalue weighted by Gasteiger charge is -2.31. The SMILES string of the molecule is CCOc1ccc([C@H]2c3cccn3-c3ccccc3CN2C(=O)Nc2ccccc2C(=O)OC)cc1. The summed E-state index contributed by atoms with van der Waals surface area (Å²) >= 11 is 0. The number of nitrogens with zero attached hydrogens (tertiary/aromatic N) is 2. The predicted octanol–water partition coefficient (Wildman–Crippen LogP) is 5.80. The third-order valence-corrected chi connectivity index (χ3v) is 6.31. The summed E-state index contributed by atoms with van der Waals surface area (Å²) in [6.45, 7) is 2.90. The third-order valence-electron chi connectivity index (χ3n) is 6.31. The third kappa shape index (κ3) is 4.31. The van der Waals surface area contributed by atoms with Crippen molar-refractivity contribution < 1.29 is 19.1 Å².